The van der Waals surface area contributed by atoms with E-state index in [1.807, 2.05) is 11.0 Å². The summed E-state index contributed by atoms with van der Waals surface area (Å²) in [5.74, 6) is 0.284. The Bertz CT molecular complexity index is 507. The molecule has 2 saturated heterocycles. The maximum Gasteiger partial charge on any atom is 0.243 e. The first-order chi connectivity index (χ1) is 11.2. The highest BCUT2D eigenvalue weighted by atomic mass is 16.5. The summed E-state index contributed by atoms with van der Waals surface area (Å²) >= 11 is 0. The van der Waals surface area contributed by atoms with Crippen LogP contribution < -0.4 is 0 Å². The normalized spacial score (nSPS) is 22.9. The molecule has 6 heteroatoms. The molecule has 0 bridgehead atoms. The average Bonchev–Trinajstić information content (AvgIpc) is 3.07. The molecule has 0 saturated carbocycles. The zero-order valence-corrected chi connectivity index (χ0v) is 14.2. The Labute approximate surface area is 138 Å². The van der Waals surface area contributed by atoms with Crippen molar-refractivity contribution < 1.29 is 13.9 Å². The number of amides is 1. The molecule has 0 atom stereocenters. The van der Waals surface area contributed by atoms with Crippen LogP contribution in [0.5, 0.6) is 0 Å². The van der Waals surface area contributed by atoms with E-state index in [9.17, 15) is 4.79 Å². The third-order valence-electron chi connectivity index (χ3n) is 5.36. The Morgan fingerprint density at radius 1 is 1.26 bits per heavy atom. The van der Waals surface area contributed by atoms with Gasteiger partial charge >= 0.3 is 0 Å². The summed E-state index contributed by atoms with van der Waals surface area (Å²) in [6, 6.07) is 2.01. The molecule has 0 radical (unpaired) electrons. The number of rotatable bonds is 5. The van der Waals surface area contributed by atoms with Crippen molar-refractivity contribution in [2.24, 2.45) is 0 Å². The number of ether oxygens (including phenoxy) is 1. The summed E-state index contributed by atoms with van der Waals surface area (Å²) in [5.41, 5.74) is 0.879. The van der Waals surface area contributed by atoms with Gasteiger partial charge in [-0.3, -0.25) is 14.6 Å². The van der Waals surface area contributed by atoms with Crippen LogP contribution in [0.2, 0.25) is 0 Å². The van der Waals surface area contributed by atoms with Crippen LogP contribution >= 0.6 is 0 Å². The molecule has 2 aliphatic rings. The van der Waals surface area contributed by atoms with E-state index in [1.165, 1.54) is 5.56 Å². The van der Waals surface area contributed by atoms with Crippen LogP contribution in [0, 0.1) is 0 Å². The lowest BCUT2D eigenvalue weighted by Crippen LogP contribution is -2.67. The molecule has 1 amide bonds. The van der Waals surface area contributed by atoms with Gasteiger partial charge in [0.15, 0.2) is 0 Å². The van der Waals surface area contributed by atoms with Gasteiger partial charge < -0.3 is 14.1 Å². The summed E-state index contributed by atoms with van der Waals surface area (Å²) in [4.78, 5) is 19.7. The fraction of sp³-hybridized carbons (Fsp3) is 0.706. The van der Waals surface area contributed by atoms with E-state index in [4.69, 9.17) is 9.15 Å². The highest BCUT2D eigenvalue weighted by molar-refractivity contribution is 5.87. The van der Waals surface area contributed by atoms with E-state index in [2.05, 4.69) is 16.8 Å². The molecule has 3 heterocycles. The van der Waals surface area contributed by atoms with Crippen LogP contribution in [-0.4, -0.2) is 79.6 Å². The highest BCUT2D eigenvalue weighted by Crippen LogP contribution is 2.33. The van der Waals surface area contributed by atoms with Crippen LogP contribution in [-0.2, 0) is 16.1 Å². The molecule has 0 aliphatic carbocycles. The minimum absolute atomic E-state index is 0.284. The number of methoxy groups -OCH3 is 1. The fourth-order valence-corrected chi connectivity index (χ4v) is 3.78. The zero-order valence-electron chi connectivity index (χ0n) is 14.2. The van der Waals surface area contributed by atoms with Crippen molar-refractivity contribution in [2.45, 2.75) is 24.9 Å². The standard InChI is InChI=1S/C17H27N3O3/c1-18-8-9-20(10-12-22-2)16(21)17(18)4-6-19(7-5-17)13-15-3-11-23-14-15/h3,11,14H,4-10,12-13H2,1-2H3. The van der Waals surface area contributed by atoms with Gasteiger partial charge in [0.25, 0.3) is 0 Å². The van der Waals surface area contributed by atoms with Crippen molar-refractivity contribution in [3.8, 4) is 0 Å². The van der Waals surface area contributed by atoms with Gasteiger partial charge in [-0.2, -0.15) is 0 Å². The van der Waals surface area contributed by atoms with Gasteiger partial charge in [-0.1, -0.05) is 0 Å². The van der Waals surface area contributed by atoms with Crippen molar-refractivity contribution in [1.82, 2.24) is 14.7 Å². The van der Waals surface area contributed by atoms with E-state index in [0.717, 1.165) is 45.6 Å². The molecule has 23 heavy (non-hydrogen) atoms. The quantitative estimate of drug-likeness (QED) is 0.811. The number of likely N-dealkylation sites (N-methyl/N-ethyl adjacent to an activating group) is 1. The fourth-order valence-electron chi connectivity index (χ4n) is 3.78. The number of likely N-dealkylation sites (tertiary alicyclic amines) is 1. The molecular formula is C17H27N3O3. The van der Waals surface area contributed by atoms with Crippen LogP contribution in [0.4, 0.5) is 0 Å². The van der Waals surface area contributed by atoms with Crippen molar-refractivity contribution in [3.63, 3.8) is 0 Å². The molecule has 1 aromatic heterocycles. The number of carbonyl (C=O) groups is 1. The number of hydrogen-bond acceptors (Lipinski definition) is 5. The van der Waals surface area contributed by atoms with Gasteiger partial charge in [0.1, 0.15) is 5.54 Å². The predicted molar refractivity (Wildman–Crippen MR) is 87.0 cm³/mol. The first kappa shape index (κ1) is 16.5. The summed E-state index contributed by atoms with van der Waals surface area (Å²) in [6.07, 6.45) is 5.30. The van der Waals surface area contributed by atoms with Crippen LogP contribution in [0.15, 0.2) is 23.0 Å². The molecule has 128 valence electrons. The van der Waals surface area contributed by atoms with E-state index in [0.29, 0.717) is 13.2 Å². The minimum Gasteiger partial charge on any atom is -0.472 e. The summed E-state index contributed by atoms with van der Waals surface area (Å²) < 4.78 is 10.3. The Morgan fingerprint density at radius 3 is 2.70 bits per heavy atom. The molecule has 0 aromatic carbocycles. The number of nitrogens with zero attached hydrogens (tertiary/aromatic N) is 3. The van der Waals surface area contributed by atoms with Crippen LogP contribution in [0.25, 0.3) is 0 Å². The summed E-state index contributed by atoms with van der Waals surface area (Å²) in [7, 11) is 3.78. The van der Waals surface area contributed by atoms with Crippen LogP contribution in [0.3, 0.4) is 0 Å². The van der Waals surface area contributed by atoms with E-state index >= 15 is 0 Å². The third-order valence-corrected chi connectivity index (χ3v) is 5.36. The summed E-state index contributed by atoms with van der Waals surface area (Å²) in [5, 5.41) is 0. The molecule has 2 aliphatic heterocycles. The molecule has 0 N–H and O–H groups in total. The number of piperidine rings is 1. The van der Waals surface area contributed by atoms with Crippen molar-refractivity contribution in [2.75, 3.05) is 53.5 Å². The van der Waals surface area contributed by atoms with Gasteiger partial charge in [0.05, 0.1) is 19.1 Å². The maximum absolute atomic E-state index is 13.0. The number of piperazine rings is 1. The van der Waals surface area contributed by atoms with Gasteiger partial charge in [0, 0.05) is 51.9 Å². The molecule has 1 aromatic rings. The monoisotopic (exact) mass is 321 g/mol. The topological polar surface area (TPSA) is 49.2 Å². The van der Waals surface area contributed by atoms with Gasteiger partial charge in [0.2, 0.25) is 5.91 Å². The van der Waals surface area contributed by atoms with E-state index in [1.54, 1.807) is 19.6 Å². The second-order valence-corrected chi connectivity index (χ2v) is 6.65. The molecule has 1 spiro atoms. The maximum atomic E-state index is 13.0. The molecule has 2 fully saturated rings. The lowest BCUT2D eigenvalue weighted by atomic mass is 9.82. The second kappa shape index (κ2) is 7.03. The number of hydrogen-bond donors (Lipinski definition) is 0. The smallest absolute Gasteiger partial charge is 0.243 e. The lowest BCUT2D eigenvalue weighted by molar-refractivity contribution is -0.155. The first-order valence-electron chi connectivity index (χ1n) is 8.39. The molecule has 3 rings (SSSR count). The zero-order chi connectivity index (χ0) is 16.3. The Kier molecular flexibility index (Phi) is 5.04. The number of furan rings is 1. The largest absolute Gasteiger partial charge is 0.472 e. The Hall–Kier alpha value is -1.37. The lowest BCUT2D eigenvalue weighted by Gasteiger charge is -2.51. The highest BCUT2D eigenvalue weighted by Gasteiger charge is 2.48. The third kappa shape index (κ3) is 3.29. The average molecular weight is 321 g/mol. The van der Waals surface area contributed by atoms with Crippen molar-refractivity contribution in [3.05, 3.63) is 24.2 Å². The minimum atomic E-state index is -0.321. The van der Waals surface area contributed by atoms with Crippen LogP contribution in [0.1, 0.15) is 18.4 Å². The summed E-state index contributed by atoms with van der Waals surface area (Å²) in [6.45, 7) is 5.84. The SMILES string of the molecule is COCCN1CCN(C)C2(CCN(Cc3ccoc3)CC2)C1=O. The molecule has 6 nitrogen and oxygen atoms in total. The van der Waals surface area contributed by atoms with Crippen molar-refractivity contribution >= 4 is 5.91 Å². The Balaban J connectivity index is 1.63. The van der Waals surface area contributed by atoms with Gasteiger partial charge in [-0.15, -0.1) is 0 Å². The second-order valence-electron chi connectivity index (χ2n) is 6.65. The molecule has 0 unspecified atom stereocenters. The van der Waals surface area contributed by atoms with Gasteiger partial charge in [-0.25, -0.2) is 0 Å². The predicted octanol–water partition coefficient (Wildman–Crippen LogP) is 1.03. The molecular weight excluding hydrogens is 294 g/mol. The Morgan fingerprint density at radius 2 is 2.04 bits per heavy atom. The van der Waals surface area contributed by atoms with E-state index < -0.39 is 0 Å². The van der Waals surface area contributed by atoms with Crippen molar-refractivity contribution in [1.29, 1.82) is 0 Å². The first-order valence-corrected chi connectivity index (χ1v) is 8.39. The van der Waals surface area contributed by atoms with Gasteiger partial charge in [-0.05, 0) is 26.0 Å². The number of carbonyl (C=O) groups excluding carboxylic acids is 1. The van der Waals surface area contributed by atoms with E-state index in [-0.39, 0.29) is 11.4 Å².